The van der Waals surface area contributed by atoms with E-state index >= 15 is 0 Å². The minimum atomic E-state index is -0.502. The van der Waals surface area contributed by atoms with Crippen molar-refractivity contribution < 1.29 is 14.1 Å². The monoisotopic (exact) mass is 224 g/mol. The van der Waals surface area contributed by atoms with E-state index in [2.05, 4.69) is 17.1 Å². The van der Waals surface area contributed by atoms with E-state index in [0.717, 1.165) is 0 Å². The number of hydrogen-bond donors (Lipinski definition) is 1. The number of carbonyl (C=O) groups excluding carboxylic acids is 1. The van der Waals surface area contributed by atoms with E-state index in [9.17, 15) is 4.79 Å². The van der Waals surface area contributed by atoms with Crippen LogP contribution in [0.5, 0.6) is 0 Å². The fourth-order valence-corrected chi connectivity index (χ4v) is 0.982. The fourth-order valence-electron chi connectivity index (χ4n) is 0.982. The van der Waals surface area contributed by atoms with Gasteiger partial charge in [-0.1, -0.05) is 11.7 Å². The van der Waals surface area contributed by atoms with Crippen LogP contribution in [0.2, 0.25) is 0 Å². The first-order valence-corrected chi connectivity index (χ1v) is 4.95. The molecule has 1 N–H and O–H groups in total. The number of nitrogens with zero attached hydrogens (tertiary/aromatic N) is 1. The van der Waals surface area contributed by atoms with E-state index in [1.54, 1.807) is 32.9 Å². The average Bonchev–Trinajstić information content (AvgIpc) is 2.59. The maximum absolute atomic E-state index is 11.3. The van der Waals surface area contributed by atoms with Gasteiger partial charge in [0.1, 0.15) is 11.3 Å². The molecule has 0 aliphatic heterocycles. The highest BCUT2D eigenvalue weighted by Crippen LogP contribution is 2.08. The van der Waals surface area contributed by atoms with E-state index < -0.39 is 11.7 Å². The molecule has 0 aliphatic rings. The third-order valence-electron chi connectivity index (χ3n) is 1.59. The molecule has 5 heteroatoms. The Labute approximate surface area is 94.5 Å². The van der Waals surface area contributed by atoms with Crippen LogP contribution in [-0.4, -0.2) is 16.9 Å². The highest BCUT2D eigenvalue weighted by atomic mass is 16.6. The molecule has 0 bridgehead atoms. The van der Waals surface area contributed by atoms with Gasteiger partial charge >= 0.3 is 6.09 Å². The molecule has 0 radical (unpaired) electrons. The second kappa shape index (κ2) is 4.83. The van der Waals surface area contributed by atoms with Crippen LogP contribution in [0.3, 0.4) is 0 Å². The Morgan fingerprint density at radius 1 is 1.69 bits per heavy atom. The molecule has 1 amide bonds. The fraction of sp³-hybridized carbons (Fsp3) is 0.455. The SMILES string of the molecule is C=Cc1cc(CNC(=O)OC(C)(C)C)on1. The molecule has 0 unspecified atom stereocenters. The minimum absolute atomic E-state index is 0.246. The summed E-state index contributed by atoms with van der Waals surface area (Å²) in [5.41, 5.74) is 0.138. The largest absolute Gasteiger partial charge is 0.444 e. The molecule has 1 aromatic rings. The molecule has 0 atom stereocenters. The topological polar surface area (TPSA) is 64.4 Å². The summed E-state index contributed by atoms with van der Waals surface area (Å²) in [6.07, 6.45) is 1.09. The van der Waals surface area contributed by atoms with Crippen molar-refractivity contribution in [1.29, 1.82) is 0 Å². The van der Waals surface area contributed by atoms with Crippen LogP contribution in [0.4, 0.5) is 4.79 Å². The van der Waals surface area contributed by atoms with Gasteiger partial charge in [-0.25, -0.2) is 4.79 Å². The van der Waals surface area contributed by atoms with Gasteiger partial charge in [0.2, 0.25) is 0 Å². The van der Waals surface area contributed by atoms with Gasteiger partial charge in [0, 0.05) is 6.07 Å². The highest BCUT2D eigenvalue weighted by Gasteiger charge is 2.16. The Morgan fingerprint density at radius 3 is 2.88 bits per heavy atom. The van der Waals surface area contributed by atoms with E-state index in [1.165, 1.54) is 0 Å². The zero-order valence-corrected chi connectivity index (χ0v) is 9.74. The van der Waals surface area contributed by atoms with Crippen LogP contribution in [0.25, 0.3) is 6.08 Å². The van der Waals surface area contributed by atoms with Crippen molar-refractivity contribution in [3.8, 4) is 0 Å². The number of rotatable bonds is 3. The number of aromatic nitrogens is 1. The van der Waals surface area contributed by atoms with Crippen LogP contribution in [0, 0.1) is 0 Å². The van der Waals surface area contributed by atoms with E-state index in [-0.39, 0.29) is 6.54 Å². The molecule has 88 valence electrons. The molecule has 0 saturated carbocycles. The molecule has 0 fully saturated rings. The van der Waals surface area contributed by atoms with Crippen LogP contribution >= 0.6 is 0 Å². The summed E-state index contributed by atoms with van der Waals surface area (Å²) in [5.74, 6) is 0.556. The van der Waals surface area contributed by atoms with Gasteiger partial charge in [-0.3, -0.25) is 0 Å². The summed E-state index contributed by atoms with van der Waals surface area (Å²) in [6.45, 7) is 9.21. The molecule has 0 aliphatic carbocycles. The van der Waals surface area contributed by atoms with Crippen molar-refractivity contribution in [2.45, 2.75) is 32.9 Å². The van der Waals surface area contributed by atoms with Gasteiger partial charge in [-0.05, 0) is 26.8 Å². The van der Waals surface area contributed by atoms with Crippen LogP contribution in [0.1, 0.15) is 32.2 Å². The Kier molecular flexibility index (Phi) is 3.71. The highest BCUT2D eigenvalue weighted by molar-refractivity contribution is 5.67. The van der Waals surface area contributed by atoms with Gasteiger partial charge in [0.15, 0.2) is 5.76 Å². The van der Waals surface area contributed by atoms with Gasteiger partial charge < -0.3 is 14.6 Å². The first-order chi connectivity index (χ1) is 7.40. The van der Waals surface area contributed by atoms with E-state index in [0.29, 0.717) is 11.5 Å². The third-order valence-corrected chi connectivity index (χ3v) is 1.59. The van der Waals surface area contributed by atoms with E-state index in [1.807, 2.05) is 0 Å². The lowest BCUT2D eigenvalue weighted by atomic mass is 10.2. The maximum Gasteiger partial charge on any atom is 0.408 e. The Bertz CT molecular complexity index is 377. The molecule has 0 aromatic carbocycles. The standard InChI is InChI=1S/C11H16N2O3/c1-5-8-6-9(16-13-8)7-12-10(14)15-11(2,3)4/h5-6H,1,7H2,2-4H3,(H,12,14). The summed E-state index contributed by atoms with van der Waals surface area (Å²) in [5, 5.41) is 6.27. The van der Waals surface area contributed by atoms with Crippen molar-refractivity contribution in [2.75, 3.05) is 0 Å². The molecule has 0 saturated heterocycles. The number of nitrogens with one attached hydrogen (secondary N) is 1. The summed E-state index contributed by atoms with van der Waals surface area (Å²) in [4.78, 5) is 11.3. The molecular weight excluding hydrogens is 208 g/mol. The molecule has 1 rings (SSSR count). The second-order valence-electron chi connectivity index (χ2n) is 4.28. The lowest BCUT2D eigenvalue weighted by Gasteiger charge is -2.19. The Morgan fingerprint density at radius 2 is 2.38 bits per heavy atom. The second-order valence-corrected chi connectivity index (χ2v) is 4.28. The Hall–Kier alpha value is -1.78. The van der Waals surface area contributed by atoms with Gasteiger partial charge in [0.25, 0.3) is 0 Å². The molecule has 5 nitrogen and oxygen atoms in total. The quantitative estimate of drug-likeness (QED) is 0.855. The number of hydrogen-bond acceptors (Lipinski definition) is 4. The lowest BCUT2D eigenvalue weighted by Crippen LogP contribution is -2.32. The number of alkyl carbamates (subject to hydrolysis) is 1. The zero-order chi connectivity index (χ0) is 12.2. The smallest absolute Gasteiger partial charge is 0.408 e. The third kappa shape index (κ3) is 4.16. The predicted octanol–water partition coefficient (Wildman–Crippen LogP) is 2.34. The molecule has 1 aromatic heterocycles. The van der Waals surface area contributed by atoms with Gasteiger partial charge in [-0.2, -0.15) is 0 Å². The molecule has 0 spiro atoms. The lowest BCUT2D eigenvalue weighted by molar-refractivity contribution is 0.0519. The summed E-state index contributed by atoms with van der Waals surface area (Å²) in [6, 6.07) is 1.70. The number of carbonyl (C=O) groups is 1. The van der Waals surface area contributed by atoms with Crippen molar-refractivity contribution in [3.05, 3.63) is 24.1 Å². The van der Waals surface area contributed by atoms with Crippen LogP contribution in [0.15, 0.2) is 17.2 Å². The van der Waals surface area contributed by atoms with Crippen molar-refractivity contribution >= 4 is 12.2 Å². The molecular formula is C11H16N2O3. The van der Waals surface area contributed by atoms with Crippen molar-refractivity contribution in [1.82, 2.24) is 10.5 Å². The first kappa shape index (κ1) is 12.3. The van der Waals surface area contributed by atoms with Gasteiger partial charge in [-0.15, -0.1) is 0 Å². The van der Waals surface area contributed by atoms with Crippen molar-refractivity contribution in [2.24, 2.45) is 0 Å². The van der Waals surface area contributed by atoms with E-state index in [4.69, 9.17) is 9.26 Å². The predicted molar refractivity (Wildman–Crippen MR) is 59.7 cm³/mol. The summed E-state index contributed by atoms with van der Waals surface area (Å²) >= 11 is 0. The Balaban J connectivity index is 2.40. The van der Waals surface area contributed by atoms with Crippen LogP contribution in [-0.2, 0) is 11.3 Å². The number of ether oxygens (including phenoxy) is 1. The molecule has 1 heterocycles. The van der Waals surface area contributed by atoms with Crippen LogP contribution < -0.4 is 5.32 Å². The minimum Gasteiger partial charge on any atom is -0.444 e. The zero-order valence-electron chi connectivity index (χ0n) is 9.74. The number of amides is 1. The summed E-state index contributed by atoms with van der Waals surface area (Å²) < 4.78 is 10.0. The molecule has 16 heavy (non-hydrogen) atoms. The summed E-state index contributed by atoms with van der Waals surface area (Å²) in [7, 11) is 0. The van der Waals surface area contributed by atoms with Gasteiger partial charge in [0.05, 0.1) is 6.54 Å². The van der Waals surface area contributed by atoms with Crippen molar-refractivity contribution in [3.63, 3.8) is 0 Å². The first-order valence-electron chi connectivity index (χ1n) is 4.95. The average molecular weight is 224 g/mol. The normalized spacial score (nSPS) is 10.9. The maximum atomic E-state index is 11.3.